The Morgan fingerprint density at radius 2 is 1.45 bits per heavy atom. The predicted molar refractivity (Wildman–Crippen MR) is 117 cm³/mol. The molecule has 1 rings (SSSR count). The Balaban J connectivity index is 2.96. The molecule has 0 saturated carbocycles. The van der Waals surface area contributed by atoms with Gasteiger partial charge in [-0.25, -0.2) is 4.79 Å². The predicted octanol–water partition coefficient (Wildman–Crippen LogP) is -1.33. The lowest BCUT2D eigenvalue weighted by molar-refractivity contribution is -0.142. The number of carbonyl (C=O) groups is 4. The number of nitrogens with one attached hydrogen (secondary N) is 3. The molecule has 1 aromatic rings. The number of amides is 3. The van der Waals surface area contributed by atoms with E-state index in [4.69, 9.17) is 10.8 Å². The number of aliphatic hydroxyl groups excluding tert-OH is 1. The third-order valence-electron chi connectivity index (χ3n) is 4.55. The topological polar surface area (TPSA) is 171 Å². The van der Waals surface area contributed by atoms with E-state index in [9.17, 15) is 24.3 Å². The molecule has 0 bridgehead atoms. The minimum Gasteiger partial charge on any atom is -0.480 e. The van der Waals surface area contributed by atoms with Gasteiger partial charge in [0.05, 0.1) is 12.6 Å². The Hall–Kier alpha value is -2.63. The van der Waals surface area contributed by atoms with E-state index in [0.29, 0.717) is 0 Å². The van der Waals surface area contributed by atoms with Crippen molar-refractivity contribution in [1.29, 1.82) is 0 Å². The molecule has 0 heterocycles. The normalized spacial score (nSPS) is 14.8. The molecule has 0 aliphatic rings. The Morgan fingerprint density at radius 1 is 0.935 bits per heavy atom. The van der Waals surface area contributed by atoms with Crippen LogP contribution in [0.15, 0.2) is 30.3 Å². The van der Waals surface area contributed by atoms with Crippen LogP contribution in [-0.2, 0) is 25.6 Å². The number of aliphatic carboxylic acids is 1. The van der Waals surface area contributed by atoms with Crippen LogP contribution in [0.3, 0.4) is 0 Å². The molecular weight excluding hydrogens is 424 g/mol. The molecule has 4 atom stereocenters. The lowest BCUT2D eigenvalue weighted by Crippen LogP contribution is -2.59. The summed E-state index contributed by atoms with van der Waals surface area (Å²) in [5.74, 6) is -3.78. The van der Waals surface area contributed by atoms with E-state index < -0.39 is 54.5 Å². The van der Waals surface area contributed by atoms with E-state index >= 15 is 0 Å². The quantitative estimate of drug-likeness (QED) is 0.192. The molecule has 10 nitrogen and oxygen atoms in total. The number of thiol groups is 1. The first-order valence-electron chi connectivity index (χ1n) is 9.75. The van der Waals surface area contributed by atoms with Crippen molar-refractivity contribution in [1.82, 2.24) is 16.0 Å². The number of rotatable bonds is 12. The first kappa shape index (κ1) is 26.4. The maximum absolute atomic E-state index is 12.8. The summed E-state index contributed by atoms with van der Waals surface area (Å²) in [6.45, 7) is 2.76. The molecule has 0 aliphatic heterocycles. The molecular formula is C20H30N4O6S. The highest BCUT2D eigenvalue weighted by molar-refractivity contribution is 7.80. The van der Waals surface area contributed by atoms with Crippen LogP contribution in [0.25, 0.3) is 0 Å². The summed E-state index contributed by atoms with van der Waals surface area (Å²) < 4.78 is 0. The van der Waals surface area contributed by atoms with Gasteiger partial charge in [-0.15, -0.1) is 0 Å². The fourth-order valence-corrected chi connectivity index (χ4v) is 2.80. The van der Waals surface area contributed by atoms with Gasteiger partial charge in [-0.3, -0.25) is 14.4 Å². The van der Waals surface area contributed by atoms with Crippen molar-refractivity contribution in [3.63, 3.8) is 0 Å². The fourth-order valence-electron chi connectivity index (χ4n) is 2.55. The zero-order valence-electron chi connectivity index (χ0n) is 17.4. The van der Waals surface area contributed by atoms with Crippen LogP contribution in [0, 0.1) is 5.92 Å². The molecule has 0 aliphatic carbocycles. The number of carboxylic acids is 1. The third-order valence-corrected chi connectivity index (χ3v) is 4.91. The van der Waals surface area contributed by atoms with Crippen LogP contribution in [0.2, 0.25) is 0 Å². The molecule has 3 amide bonds. The van der Waals surface area contributed by atoms with Crippen LogP contribution >= 0.6 is 12.6 Å². The Kier molecular flexibility index (Phi) is 11.0. The van der Waals surface area contributed by atoms with E-state index in [1.807, 2.05) is 0 Å². The molecule has 0 saturated heterocycles. The van der Waals surface area contributed by atoms with Crippen molar-refractivity contribution < 1.29 is 29.4 Å². The molecule has 31 heavy (non-hydrogen) atoms. The lowest BCUT2D eigenvalue weighted by Gasteiger charge is -2.25. The van der Waals surface area contributed by atoms with E-state index in [1.165, 1.54) is 0 Å². The standard InChI is InChI=1S/C20H30N4O6S/c1-11(2)16(21)19(28)22-13(8-12-6-4-3-5-7-12)17(26)23-14(9-25)18(27)24-15(10-31)20(29)30/h3-7,11,13-16,25,31H,8-10,21H2,1-2H3,(H,22,28)(H,23,26)(H,24,27)(H,29,30). The summed E-state index contributed by atoms with van der Waals surface area (Å²) >= 11 is 3.85. The Morgan fingerprint density at radius 3 is 1.94 bits per heavy atom. The first-order valence-corrected chi connectivity index (χ1v) is 10.4. The van der Waals surface area contributed by atoms with Gasteiger partial charge in [0.1, 0.15) is 18.1 Å². The molecule has 0 spiro atoms. The van der Waals surface area contributed by atoms with Gasteiger partial charge in [0.25, 0.3) is 0 Å². The van der Waals surface area contributed by atoms with Crippen LogP contribution in [0.1, 0.15) is 19.4 Å². The van der Waals surface area contributed by atoms with Crippen LogP contribution < -0.4 is 21.7 Å². The second kappa shape index (κ2) is 12.9. The average Bonchev–Trinajstić information content (AvgIpc) is 2.74. The van der Waals surface area contributed by atoms with E-state index in [0.717, 1.165) is 5.56 Å². The van der Waals surface area contributed by atoms with Gasteiger partial charge in [-0.05, 0) is 11.5 Å². The van der Waals surface area contributed by atoms with Gasteiger partial charge in [0.2, 0.25) is 17.7 Å². The van der Waals surface area contributed by atoms with Crippen molar-refractivity contribution >= 4 is 36.3 Å². The van der Waals surface area contributed by atoms with Crippen molar-refractivity contribution in [3.05, 3.63) is 35.9 Å². The third kappa shape index (κ3) is 8.56. The second-order valence-electron chi connectivity index (χ2n) is 7.35. The van der Waals surface area contributed by atoms with Crippen molar-refractivity contribution in [2.75, 3.05) is 12.4 Å². The summed E-state index contributed by atoms with van der Waals surface area (Å²) in [5.41, 5.74) is 6.62. The smallest absolute Gasteiger partial charge is 0.327 e. The van der Waals surface area contributed by atoms with Crippen molar-refractivity contribution in [3.8, 4) is 0 Å². The van der Waals surface area contributed by atoms with E-state index in [2.05, 4.69) is 28.6 Å². The first-order chi connectivity index (χ1) is 14.6. The number of carbonyl (C=O) groups excluding carboxylic acids is 3. The average molecular weight is 455 g/mol. The van der Waals surface area contributed by atoms with E-state index in [-0.39, 0.29) is 18.1 Å². The van der Waals surface area contributed by atoms with Crippen LogP contribution in [0.5, 0.6) is 0 Å². The van der Waals surface area contributed by atoms with Gasteiger partial charge >= 0.3 is 5.97 Å². The van der Waals surface area contributed by atoms with E-state index in [1.54, 1.807) is 44.2 Å². The summed E-state index contributed by atoms with van der Waals surface area (Å²) in [6.07, 6.45) is 0.122. The summed E-state index contributed by atoms with van der Waals surface area (Å²) in [5, 5.41) is 25.7. The van der Waals surface area contributed by atoms with Crippen LogP contribution in [-0.4, -0.2) is 70.4 Å². The van der Waals surface area contributed by atoms with Gasteiger partial charge in [-0.1, -0.05) is 44.2 Å². The number of carboxylic acid groups (broad SMARTS) is 1. The highest BCUT2D eigenvalue weighted by Crippen LogP contribution is 2.06. The van der Waals surface area contributed by atoms with Crippen molar-refractivity contribution in [2.45, 2.75) is 44.4 Å². The molecule has 0 fully saturated rings. The Bertz CT molecular complexity index is 761. The highest BCUT2D eigenvalue weighted by atomic mass is 32.1. The molecule has 11 heteroatoms. The summed E-state index contributed by atoms with van der Waals surface area (Å²) in [4.78, 5) is 48.6. The maximum Gasteiger partial charge on any atom is 0.327 e. The molecule has 4 unspecified atom stereocenters. The van der Waals surface area contributed by atoms with Crippen LogP contribution in [0.4, 0.5) is 0 Å². The lowest BCUT2D eigenvalue weighted by atomic mass is 10.0. The van der Waals surface area contributed by atoms with Gasteiger partial charge in [0.15, 0.2) is 0 Å². The number of aliphatic hydroxyl groups is 1. The minimum absolute atomic E-state index is 0.122. The monoisotopic (exact) mass is 454 g/mol. The second-order valence-corrected chi connectivity index (χ2v) is 7.71. The fraction of sp³-hybridized carbons (Fsp3) is 0.500. The molecule has 0 radical (unpaired) electrons. The number of nitrogens with two attached hydrogens (primary N) is 1. The molecule has 1 aromatic carbocycles. The minimum atomic E-state index is -1.41. The number of hydrogen-bond acceptors (Lipinski definition) is 7. The summed E-state index contributed by atoms with van der Waals surface area (Å²) in [7, 11) is 0. The largest absolute Gasteiger partial charge is 0.480 e. The zero-order valence-corrected chi connectivity index (χ0v) is 18.3. The Labute approximate surface area is 186 Å². The van der Waals surface area contributed by atoms with Gasteiger partial charge in [-0.2, -0.15) is 12.6 Å². The zero-order chi connectivity index (χ0) is 23.6. The molecule has 7 N–H and O–H groups in total. The molecule has 0 aromatic heterocycles. The SMILES string of the molecule is CC(C)C(N)C(=O)NC(Cc1ccccc1)C(=O)NC(CO)C(=O)NC(CS)C(=O)O. The highest BCUT2D eigenvalue weighted by Gasteiger charge is 2.30. The number of benzene rings is 1. The summed E-state index contributed by atoms with van der Waals surface area (Å²) in [6, 6.07) is 4.30. The molecule has 172 valence electrons. The van der Waals surface area contributed by atoms with Gasteiger partial charge in [0, 0.05) is 12.2 Å². The maximum atomic E-state index is 12.8. The van der Waals surface area contributed by atoms with Gasteiger partial charge < -0.3 is 31.9 Å². The van der Waals surface area contributed by atoms with Crippen molar-refractivity contribution in [2.24, 2.45) is 11.7 Å². The number of hydrogen-bond donors (Lipinski definition) is 7.